The van der Waals surface area contributed by atoms with E-state index in [1.807, 2.05) is 78.9 Å². The highest BCUT2D eigenvalue weighted by atomic mass is 16.6. The highest BCUT2D eigenvalue weighted by molar-refractivity contribution is 5.93. The van der Waals surface area contributed by atoms with Crippen LogP contribution in [0.25, 0.3) is 11.1 Å². The van der Waals surface area contributed by atoms with E-state index in [0.29, 0.717) is 37.7 Å². The zero-order valence-electron chi connectivity index (χ0n) is 25.1. The number of aromatic nitrogens is 4. The van der Waals surface area contributed by atoms with Gasteiger partial charge in [-0.05, 0) is 42.5 Å². The normalized spacial score (nSPS) is 13.4. The lowest BCUT2D eigenvalue weighted by Gasteiger charge is -2.32. The van der Waals surface area contributed by atoms with Gasteiger partial charge < -0.3 is 20.1 Å². The van der Waals surface area contributed by atoms with Crippen molar-refractivity contribution in [1.82, 2.24) is 25.1 Å². The Hall–Kier alpha value is -4.95. The maximum absolute atomic E-state index is 13.8. The number of nitrogens with one attached hydrogen (secondary N) is 2. The second-order valence-corrected chi connectivity index (χ2v) is 10.8. The average molecular weight is 595 g/mol. The molecule has 1 aliphatic heterocycles. The van der Waals surface area contributed by atoms with E-state index in [0.717, 1.165) is 48.1 Å². The summed E-state index contributed by atoms with van der Waals surface area (Å²) in [6.07, 6.45) is 8.46. The Bertz CT molecular complexity index is 1550. The molecule has 2 amide bonds. The number of urea groups is 1. The topological polar surface area (TPSA) is 130 Å². The van der Waals surface area contributed by atoms with Gasteiger partial charge in [0.1, 0.15) is 17.7 Å². The van der Waals surface area contributed by atoms with Crippen molar-refractivity contribution in [2.75, 3.05) is 30.0 Å². The number of anilines is 2. The monoisotopic (exact) mass is 594 g/mol. The molecule has 4 aromatic rings. The van der Waals surface area contributed by atoms with Crippen molar-refractivity contribution in [1.29, 1.82) is 5.26 Å². The first-order chi connectivity index (χ1) is 21.5. The Morgan fingerprint density at radius 2 is 1.93 bits per heavy atom. The van der Waals surface area contributed by atoms with Gasteiger partial charge in [-0.2, -0.15) is 15.3 Å². The maximum atomic E-state index is 13.8. The predicted molar refractivity (Wildman–Crippen MR) is 168 cm³/mol. The fraction of sp³-hybridized carbons (Fsp3) is 0.364. The van der Waals surface area contributed by atoms with E-state index >= 15 is 0 Å². The van der Waals surface area contributed by atoms with E-state index in [-0.39, 0.29) is 24.2 Å². The highest BCUT2D eigenvalue weighted by Gasteiger charge is 2.25. The minimum absolute atomic E-state index is 0.0415. The molecule has 2 aromatic carbocycles. The number of hydrogen-bond donors (Lipinski definition) is 2. The summed E-state index contributed by atoms with van der Waals surface area (Å²) < 4.78 is 12.6. The molecule has 1 saturated heterocycles. The standard InChI is InChI=1S/C33H38N8O3/c1-3-8-28(11-7-16-35-31-26(17-34)19-36-32(39-31)44-30-22-43-23-30)41(33(42)37-18-24-9-5-4-6-10-24)29-14-12-25(13-15-29)27-20-38-40(2)21-27/h4-6,9-10,12-15,19-21,28,30H,3,7-8,11,16,18,22-23H2,1-2H3,(H,37,42)(H,35,36,39)/t28-/m0/s1. The summed E-state index contributed by atoms with van der Waals surface area (Å²) in [5.74, 6) is 0.438. The highest BCUT2D eigenvalue weighted by Crippen LogP contribution is 2.27. The first kappa shape index (κ1) is 30.5. The van der Waals surface area contributed by atoms with Crippen LogP contribution in [-0.4, -0.2) is 57.7 Å². The summed E-state index contributed by atoms with van der Waals surface area (Å²) in [6.45, 7) is 4.15. The zero-order valence-corrected chi connectivity index (χ0v) is 25.1. The van der Waals surface area contributed by atoms with Crippen LogP contribution in [0.1, 0.15) is 43.7 Å². The first-order valence-corrected chi connectivity index (χ1v) is 15.0. The molecular formula is C33H38N8O3. The molecule has 0 radical (unpaired) electrons. The van der Waals surface area contributed by atoms with Gasteiger partial charge >= 0.3 is 12.0 Å². The number of ether oxygens (including phenoxy) is 2. The molecule has 1 atom stereocenters. The Labute approximate surface area is 257 Å². The molecule has 2 aromatic heterocycles. The molecule has 3 heterocycles. The summed E-state index contributed by atoms with van der Waals surface area (Å²) in [7, 11) is 1.89. The molecule has 44 heavy (non-hydrogen) atoms. The van der Waals surface area contributed by atoms with Crippen molar-refractivity contribution in [3.63, 3.8) is 0 Å². The van der Waals surface area contributed by atoms with Crippen LogP contribution >= 0.6 is 0 Å². The molecule has 0 saturated carbocycles. The van der Waals surface area contributed by atoms with Gasteiger partial charge in [0.25, 0.3) is 0 Å². The Kier molecular flexibility index (Phi) is 10.4. The molecular weight excluding hydrogens is 556 g/mol. The van der Waals surface area contributed by atoms with Crippen LogP contribution in [0.15, 0.2) is 73.2 Å². The number of nitrogens with zero attached hydrogens (tertiary/aromatic N) is 6. The summed E-state index contributed by atoms with van der Waals surface area (Å²) >= 11 is 0. The Balaban J connectivity index is 1.29. The number of benzene rings is 2. The fourth-order valence-electron chi connectivity index (χ4n) is 5.09. The molecule has 5 rings (SSSR count). The Morgan fingerprint density at radius 3 is 2.59 bits per heavy atom. The van der Waals surface area contributed by atoms with Crippen molar-refractivity contribution in [3.05, 3.63) is 84.3 Å². The van der Waals surface area contributed by atoms with Gasteiger partial charge in [0.05, 0.1) is 25.6 Å². The van der Waals surface area contributed by atoms with Gasteiger partial charge in [0.2, 0.25) is 0 Å². The SMILES string of the molecule is CCC[C@@H](CCCNc1nc(OC2COC2)ncc1C#N)N(C(=O)NCc1ccccc1)c1ccc(-c2cnn(C)c2)cc1. The number of carbonyl (C=O) groups is 1. The predicted octanol–water partition coefficient (Wildman–Crippen LogP) is 5.30. The minimum atomic E-state index is -0.140. The number of carbonyl (C=O) groups excluding carboxylic acids is 1. The van der Waals surface area contributed by atoms with Crippen molar-refractivity contribution < 1.29 is 14.3 Å². The third-order valence-electron chi connectivity index (χ3n) is 7.45. The van der Waals surface area contributed by atoms with Crippen LogP contribution in [-0.2, 0) is 18.3 Å². The van der Waals surface area contributed by atoms with Crippen molar-refractivity contribution in [2.24, 2.45) is 7.05 Å². The van der Waals surface area contributed by atoms with Gasteiger partial charge in [0.15, 0.2) is 5.82 Å². The lowest BCUT2D eigenvalue weighted by Crippen LogP contribution is -2.46. The van der Waals surface area contributed by atoms with E-state index in [4.69, 9.17) is 9.47 Å². The summed E-state index contributed by atoms with van der Waals surface area (Å²) in [4.78, 5) is 24.2. The fourth-order valence-corrected chi connectivity index (χ4v) is 5.09. The summed E-state index contributed by atoms with van der Waals surface area (Å²) in [5, 5.41) is 20.3. The van der Waals surface area contributed by atoms with Gasteiger partial charge in [0, 0.05) is 43.6 Å². The van der Waals surface area contributed by atoms with E-state index in [2.05, 4.69) is 38.7 Å². The Morgan fingerprint density at radius 1 is 1.14 bits per heavy atom. The lowest BCUT2D eigenvalue weighted by atomic mass is 10.0. The summed E-state index contributed by atoms with van der Waals surface area (Å²) in [6, 6.07) is 20.1. The van der Waals surface area contributed by atoms with E-state index in [1.165, 1.54) is 6.20 Å². The number of hydrogen-bond acceptors (Lipinski definition) is 8. The van der Waals surface area contributed by atoms with Crippen LogP contribution in [0.2, 0.25) is 0 Å². The second-order valence-electron chi connectivity index (χ2n) is 10.8. The van der Waals surface area contributed by atoms with Gasteiger partial charge in [-0.3, -0.25) is 9.58 Å². The molecule has 1 fully saturated rings. The van der Waals surface area contributed by atoms with E-state index in [1.54, 1.807) is 4.68 Å². The van der Waals surface area contributed by atoms with Crippen molar-refractivity contribution in [3.8, 4) is 23.2 Å². The molecule has 0 aliphatic carbocycles. The van der Waals surface area contributed by atoms with Crippen LogP contribution in [0.5, 0.6) is 6.01 Å². The van der Waals surface area contributed by atoms with Crippen LogP contribution in [0, 0.1) is 11.3 Å². The first-order valence-electron chi connectivity index (χ1n) is 15.0. The maximum Gasteiger partial charge on any atom is 0.322 e. The molecule has 0 bridgehead atoms. The number of amides is 2. The molecule has 228 valence electrons. The largest absolute Gasteiger partial charge is 0.455 e. The second kappa shape index (κ2) is 15.0. The van der Waals surface area contributed by atoms with Crippen molar-refractivity contribution >= 4 is 17.5 Å². The minimum Gasteiger partial charge on any atom is -0.455 e. The van der Waals surface area contributed by atoms with Crippen molar-refractivity contribution in [2.45, 2.75) is 51.3 Å². The molecule has 11 nitrogen and oxygen atoms in total. The molecule has 0 spiro atoms. The molecule has 11 heteroatoms. The quantitative estimate of drug-likeness (QED) is 0.188. The van der Waals surface area contributed by atoms with E-state index in [9.17, 15) is 10.1 Å². The van der Waals surface area contributed by atoms with Gasteiger partial charge in [-0.25, -0.2) is 9.78 Å². The third kappa shape index (κ3) is 7.90. The smallest absolute Gasteiger partial charge is 0.322 e. The lowest BCUT2D eigenvalue weighted by molar-refractivity contribution is -0.0830. The van der Waals surface area contributed by atoms with Crippen LogP contribution < -0.4 is 20.3 Å². The average Bonchev–Trinajstić information content (AvgIpc) is 3.47. The van der Waals surface area contributed by atoms with Crippen LogP contribution in [0.4, 0.5) is 16.3 Å². The number of aryl methyl sites for hydroxylation is 1. The molecule has 0 unspecified atom stereocenters. The van der Waals surface area contributed by atoms with E-state index < -0.39 is 0 Å². The number of nitriles is 1. The third-order valence-corrected chi connectivity index (χ3v) is 7.45. The molecule has 1 aliphatic rings. The summed E-state index contributed by atoms with van der Waals surface area (Å²) in [5.41, 5.74) is 4.28. The zero-order chi connectivity index (χ0) is 30.7. The van der Waals surface area contributed by atoms with Gasteiger partial charge in [-0.1, -0.05) is 55.8 Å². The van der Waals surface area contributed by atoms with Crippen LogP contribution in [0.3, 0.4) is 0 Å². The molecule has 2 N–H and O–H groups in total. The van der Waals surface area contributed by atoms with Gasteiger partial charge in [-0.15, -0.1) is 0 Å². The number of rotatable bonds is 14.